The number of nitrogens with one attached hydrogen (secondary N) is 1. The molecular weight excluding hydrogens is 246 g/mol. The van der Waals surface area contributed by atoms with Crippen molar-refractivity contribution in [2.75, 3.05) is 18.5 Å². The molecule has 1 aliphatic rings. The molecule has 3 nitrogen and oxygen atoms in total. The van der Waals surface area contributed by atoms with E-state index in [4.69, 9.17) is 16.6 Å². The second-order valence-electron chi connectivity index (χ2n) is 4.85. The fourth-order valence-corrected chi connectivity index (χ4v) is 2.92. The van der Waals surface area contributed by atoms with Crippen LogP contribution >= 0.6 is 11.6 Å². The van der Waals surface area contributed by atoms with Crippen molar-refractivity contribution in [3.8, 4) is 0 Å². The third-order valence-electron chi connectivity index (χ3n) is 3.65. The first-order valence-electron chi connectivity index (χ1n) is 6.83. The number of aromatic nitrogens is 1. The summed E-state index contributed by atoms with van der Waals surface area (Å²) in [5.41, 5.74) is 0.938. The number of hydrogen-bond donors (Lipinski definition) is 1. The molecule has 0 aromatic carbocycles. The molecule has 1 aromatic rings. The van der Waals surface area contributed by atoms with Crippen molar-refractivity contribution in [1.82, 2.24) is 10.3 Å². The summed E-state index contributed by atoms with van der Waals surface area (Å²) in [6.45, 7) is 3.93. The summed E-state index contributed by atoms with van der Waals surface area (Å²) in [6, 6.07) is 4.67. The highest BCUT2D eigenvalue weighted by Gasteiger charge is 2.22. The first-order valence-corrected chi connectivity index (χ1v) is 7.20. The lowest BCUT2D eigenvalue weighted by Gasteiger charge is -2.29. The molecule has 0 spiro atoms. The molecule has 0 unspecified atom stereocenters. The van der Waals surface area contributed by atoms with Gasteiger partial charge in [0.05, 0.1) is 10.7 Å². The van der Waals surface area contributed by atoms with E-state index in [1.165, 1.54) is 25.7 Å². The summed E-state index contributed by atoms with van der Waals surface area (Å²) in [5, 5.41) is 3.86. The highest BCUT2D eigenvalue weighted by Crippen LogP contribution is 2.28. The Morgan fingerprint density at radius 2 is 2.11 bits per heavy atom. The molecule has 1 aromatic heterocycles. The maximum atomic E-state index is 6.16. The lowest BCUT2D eigenvalue weighted by Crippen LogP contribution is -2.33. The van der Waals surface area contributed by atoms with Crippen molar-refractivity contribution >= 4 is 17.4 Å². The third kappa shape index (κ3) is 2.96. The van der Waals surface area contributed by atoms with E-state index in [-0.39, 0.29) is 0 Å². The maximum Gasteiger partial charge on any atom is 0.129 e. The Morgan fingerprint density at radius 1 is 1.39 bits per heavy atom. The van der Waals surface area contributed by atoms with Gasteiger partial charge in [-0.2, -0.15) is 0 Å². The first-order chi connectivity index (χ1) is 8.76. The maximum absolute atomic E-state index is 6.16. The van der Waals surface area contributed by atoms with Gasteiger partial charge in [-0.3, -0.25) is 0 Å². The molecule has 0 saturated heterocycles. The normalized spacial score (nSPS) is 16.2. The summed E-state index contributed by atoms with van der Waals surface area (Å²) in [5.74, 6) is 1.07. The number of pyridine rings is 1. The molecule has 1 heterocycles. The van der Waals surface area contributed by atoms with Crippen molar-refractivity contribution in [1.29, 1.82) is 0 Å². The van der Waals surface area contributed by atoms with Gasteiger partial charge in [-0.1, -0.05) is 24.4 Å². The van der Waals surface area contributed by atoms with Gasteiger partial charge in [0.25, 0.3) is 0 Å². The van der Waals surface area contributed by atoms with Gasteiger partial charge in [0.15, 0.2) is 0 Å². The summed E-state index contributed by atoms with van der Waals surface area (Å²) in [4.78, 5) is 7.13. The number of rotatable bonds is 5. The first kappa shape index (κ1) is 13.6. The average Bonchev–Trinajstić information content (AvgIpc) is 2.88. The van der Waals surface area contributed by atoms with Crippen molar-refractivity contribution in [2.24, 2.45) is 0 Å². The Morgan fingerprint density at radius 3 is 2.72 bits per heavy atom. The highest BCUT2D eigenvalue weighted by molar-refractivity contribution is 6.31. The summed E-state index contributed by atoms with van der Waals surface area (Å²) < 4.78 is 0. The Labute approximate surface area is 115 Å². The Balaban J connectivity index is 2.21. The molecular formula is C14H22ClN3. The zero-order chi connectivity index (χ0) is 13.0. The molecule has 4 heteroatoms. The predicted octanol–water partition coefficient (Wildman–Crippen LogP) is 3.22. The fourth-order valence-electron chi connectivity index (χ4n) is 2.75. The minimum Gasteiger partial charge on any atom is -0.354 e. The highest BCUT2D eigenvalue weighted by atomic mass is 35.5. The van der Waals surface area contributed by atoms with E-state index in [2.05, 4.69) is 17.1 Å². The van der Waals surface area contributed by atoms with Crippen LogP contribution in [0.3, 0.4) is 0 Å². The molecule has 0 bridgehead atoms. The fraction of sp³-hybridized carbons (Fsp3) is 0.643. The van der Waals surface area contributed by atoms with Crippen LogP contribution in [0.5, 0.6) is 0 Å². The minimum atomic E-state index is 0.658. The Bertz CT molecular complexity index is 389. The van der Waals surface area contributed by atoms with Crippen LogP contribution in [-0.2, 0) is 6.54 Å². The van der Waals surface area contributed by atoms with Gasteiger partial charge in [0, 0.05) is 19.1 Å². The van der Waals surface area contributed by atoms with E-state index in [1.807, 2.05) is 19.2 Å². The number of anilines is 1. The largest absolute Gasteiger partial charge is 0.354 e. The molecule has 0 amide bonds. The van der Waals surface area contributed by atoms with E-state index >= 15 is 0 Å². The number of halogens is 1. The van der Waals surface area contributed by atoms with Crippen LogP contribution in [0.2, 0.25) is 5.02 Å². The molecule has 1 saturated carbocycles. The molecule has 0 aliphatic heterocycles. The van der Waals surface area contributed by atoms with Gasteiger partial charge >= 0.3 is 0 Å². The zero-order valence-electron chi connectivity index (χ0n) is 11.2. The molecule has 2 rings (SSSR count). The third-order valence-corrected chi connectivity index (χ3v) is 3.99. The topological polar surface area (TPSA) is 28.2 Å². The lowest BCUT2D eigenvalue weighted by molar-refractivity contribution is 0.611. The van der Waals surface area contributed by atoms with Crippen LogP contribution in [0.4, 0.5) is 5.82 Å². The molecule has 1 N–H and O–H groups in total. The van der Waals surface area contributed by atoms with Gasteiger partial charge in [-0.15, -0.1) is 0 Å². The van der Waals surface area contributed by atoms with Gasteiger partial charge < -0.3 is 10.2 Å². The van der Waals surface area contributed by atoms with Gasteiger partial charge in [0.1, 0.15) is 5.82 Å². The van der Waals surface area contributed by atoms with E-state index in [0.717, 1.165) is 29.6 Å². The van der Waals surface area contributed by atoms with Crippen LogP contribution in [0.15, 0.2) is 12.1 Å². The zero-order valence-corrected chi connectivity index (χ0v) is 12.0. The van der Waals surface area contributed by atoms with Crippen molar-refractivity contribution in [3.05, 3.63) is 22.8 Å². The molecule has 100 valence electrons. The SMILES string of the molecule is CCN(c1ccc(Cl)c(CNC)n1)C1CCCC1. The van der Waals surface area contributed by atoms with Crippen LogP contribution in [0, 0.1) is 0 Å². The summed E-state index contributed by atoms with van der Waals surface area (Å²) >= 11 is 6.16. The van der Waals surface area contributed by atoms with Crippen molar-refractivity contribution in [2.45, 2.75) is 45.2 Å². The van der Waals surface area contributed by atoms with Crippen LogP contribution < -0.4 is 10.2 Å². The van der Waals surface area contributed by atoms with E-state index < -0.39 is 0 Å². The molecule has 0 atom stereocenters. The molecule has 0 radical (unpaired) electrons. The van der Waals surface area contributed by atoms with Gasteiger partial charge in [-0.05, 0) is 38.9 Å². The van der Waals surface area contributed by atoms with Gasteiger partial charge in [0.2, 0.25) is 0 Å². The Hall–Kier alpha value is -0.800. The van der Waals surface area contributed by atoms with Crippen LogP contribution in [0.25, 0.3) is 0 Å². The smallest absolute Gasteiger partial charge is 0.129 e. The van der Waals surface area contributed by atoms with Crippen LogP contribution in [0.1, 0.15) is 38.3 Å². The van der Waals surface area contributed by atoms with E-state index in [1.54, 1.807) is 0 Å². The monoisotopic (exact) mass is 267 g/mol. The van der Waals surface area contributed by atoms with E-state index in [9.17, 15) is 0 Å². The van der Waals surface area contributed by atoms with Crippen molar-refractivity contribution in [3.63, 3.8) is 0 Å². The number of nitrogens with zero attached hydrogens (tertiary/aromatic N) is 2. The van der Waals surface area contributed by atoms with E-state index in [0.29, 0.717) is 6.04 Å². The summed E-state index contributed by atoms with van der Waals surface area (Å²) in [6.07, 6.45) is 5.27. The average molecular weight is 268 g/mol. The minimum absolute atomic E-state index is 0.658. The predicted molar refractivity (Wildman–Crippen MR) is 77.3 cm³/mol. The molecule has 1 aliphatic carbocycles. The number of hydrogen-bond acceptors (Lipinski definition) is 3. The second-order valence-corrected chi connectivity index (χ2v) is 5.26. The van der Waals surface area contributed by atoms with Crippen LogP contribution in [-0.4, -0.2) is 24.6 Å². The van der Waals surface area contributed by atoms with Crippen molar-refractivity contribution < 1.29 is 0 Å². The lowest BCUT2D eigenvalue weighted by atomic mass is 10.2. The standard InChI is InChI=1S/C14H22ClN3/c1-3-18(11-6-4-5-7-11)14-9-8-12(15)13(17-14)10-16-2/h8-9,11,16H,3-7,10H2,1-2H3. The molecule has 18 heavy (non-hydrogen) atoms. The van der Waals surface area contributed by atoms with Gasteiger partial charge in [-0.25, -0.2) is 4.98 Å². The molecule has 1 fully saturated rings. The Kier molecular flexibility index (Phi) is 4.84. The second kappa shape index (κ2) is 6.39. The summed E-state index contributed by atoms with van der Waals surface area (Å²) in [7, 11) is 1.92. The quantitative estimate of drug-likeness (QED) is 0.888.